The lowest BCUT2D eigenvalue weighted by Gasteiger charge is -2.21. The Morgan fingerprint density at radius 3 is 3.33 bits per heavy atom. The van der Waals surface area contributed by atoms with E-state index in [4.69, 9.17) is 4.74 Å². The van der Waals surface area contributed by atoms with Crippen molar-refractivity contribution in [3.63, 3.8) is 0 Å². The van der Waals surface area contributed by atoms with Crippen LogP contribution in [0.3, 0.4) is 0 Å². The summed E-state index contributed by atoms with van der Waals surface area (Å²) in [5.74, 6) is 0.817. The van der Waals surface area contributed by atoms with Crippen LogP contribution in [0.4, 0.5) is 0 Å². The molecule has 15 heavy (non-hydrogen) atoms. The predicted molar refractivity (Wildman–Crippen MR) is 57.5 cm³/mol. The van der Waals surface area contributed by atoms with Crippen molar-refractivity contribution in [1.29, 1.82) is 0 Å². The zero-order chi connectivity index (χ0) is 10.1. The molecule has 1 aliphatic heterocycles. The number of nitrogens with one attached hydrogen (secondary N) is 2. The number of aromatic amines is 1. The van der Waals surface area contributed by atoms with E-state index in [1.807, 2.05) is 0 Å². The number of H-pyrrole nitrogens is 1. The minimum Gasteiger partial charge on any atom is -0.368 e. The number of ether oxygens (including phenoxy) is 1. The molecular weight excluding hydrogens is 194 g/mol. The van der Waals surface area contributed by atoms with Gasteiger partial charge in [-0.15, -0.1) is 0 Å². The molecular formula is C9H15N5O. The second-order valence-corrected chi connectivity index (χ2v) is 3.45. The first-order valence-electron chi connectivity index (χ1n) is 4.91. The molecule has 0 spiro atoms. The zero-order valence-corrected chi connectivity index (χ0v) is 8.10. The molecule has 0 aliphatic carbocycles. The van der Waals surface area contributed by atoms with Crippen molar-refractivity contribution in [2.75, 3.05) is 19.7 Å². The van der Waals surface area contributed by atoms with E-state index in [2.05, 4.69) is 25.3 Å². The van der Waals surface area contributed by atoms with Gasteiger partial charge < -0.3 is 15.0 Å². The highest BCUT2D eigenvalue weighted by Crippen LogP contribution is 2.17. The van der Waals surface area contributed by atoms with Crippen molar-refractivity contribution in [2.24, 2.45) is 0 Å². The van der Waals surface area contributed by atoms with Crippen molar-refractivity contribution in [3.8, 4) is 0 Å². The lowest BCUT2D eigenvalue weighted by atomic mass is 10.3. The number of hydrogen-bond donors (Lipinski definition) is 2. The van der Waals surface area contributed by atoms with Crippen molar-refractivity contribution in [1.82, 2.24) is 25.3 Å². The summed E-state index contributed by atoms with van der Waals surface area (Å²) in [6.45, 7) is 2.40. The van der Waals surface area contributed by atoms with Crippen molar-refractivity contribution < 1.29 is 7.59 Å². The van der Waals surface area contributed by atoms with Gasteiger partial charge in [0, 0.05) is 15.9 Å². The van der Waals surface area contributed by atoms with E-state index < -0.39 is 0 Å². The lowest BCUT2D eigenvalue weighted by Crippen LogP contribution is -2.33. The fourth-order valence-electron chi connectivity index (χ4n) is 1.67. The van der Waals surface area contributed by atoms with Crippen LogP contribution in [-0.4, -0.2) is 39.6 Å². The van der Waals surface area contributed by atoms with Crippen LogP contribution in [0.1, 0.15) is 14.8 Å². The minimum absolute atomic E-state index is 0. The van der Waals surface area contributed by atoms with Crippen LogP contribution < -0.4 is 5.32 Å². The maximum Gasteiger partial charge on any atom is 0.180 e. The summed E-state index contributed by atoms with van der Waals surface area (Å²) in [5, 5.41) is 3.26. The van der Waals surface area contributed by atoms with E-state index in [9.17, 15) is 0 Å². The molecule has 6 nitrogen and oxygen atoms in total. The topological polar surface area (TPSA) is 75.7 Å². The maximum absolute atomic E-state index is 5.59. The molecule has 0 aromatic carbocycles. The number of fused-ring (bicyclic) bond motifs is 1. The molecule has 0 amide bonds. The molecule has 2 N–H and O–H groups in total. The van der Waals surface area contributed by atoms with Crippen molar-refractivity contribution in [2.45, 2.75) is 6.10 Å². The summed E-state index contributed by atoms with van der Waals surface area (Å²) in [6.07, 6.45) is 3.20. The van der Waals surface area contributed by atoms with Gasteiger partial charge in [0.2, 0.25) is 0 Å². The standard InChI is InChI=1S/C9H11N5O.2H2/c1-2-15-7(4-10-1)9-13-6-3-11-5-12-8(6)14-9;;/h3,5,7,10H,1-2,4H2,(H,11,12,13,14);2*1H/t7-;;/m0../s1. The van der Waals surface area contributed by atoms with Gasteiger partial charge in [-0.3, -0.25) is 0 Å². The molecule has 6 heteroatoms. The van der Waals surface area contributed by atoms with Crippen LogP contribution in [-0.2, 0) is 4.74 Å². The second kappa shape index (κ2) is 3.56. The Balaban J connectivity index is 0.000000722. The van der Waals surface area contributed by atoms with Gasteiger partial charge in [-0.25, -0.2) is 15.0 Å². The van der Waals surface area contributed by atoms with Crippen LogP contribution in [0, 0.1) is 0 Å². The van der Waals surface area contributed by atoms with Gasteiger partial charge in [0.05, 0.1) is 12.8 Å². The Labute approximate surface area is 89.1 Å². The monoisotopic (exact) mass is 209 g/mol. The van der Waals surface area contributed by atoms with Gasteiger partial charge in [0.15, 0.2) is 5.65 Å². The predicted octanol–water partition coefficient (Wildman–Crippen LogP) is 0.506. The average molecular weight is 209 g/mol. The molecule has 3 rings (SSSR count). The first kappa shape index (κ1) is 8.75. The molecule has 1 fully saturated rings. The average Bonchev–Trinajstić information content (AvgIpc) is 2.74. The first-order valence-corrected chi connectivity index (χ1v) is 4.91. The normalized spacial score (nSPS) is 22.0. The van der Waals surface area contributed by atoms with Crippen molar-refractivity contribution >= 4 is 11.2 Å². The molecule has 1 saturated heterocycles. The Kier molecular flexibility index (Phi) is 2.08. The Hall–Kier alpha value is -1.53. The summed E-state index contributed by atoms with van der Waals surface area (Å²) in [4.78, 5) is 15.5. The van der Waals surface area contributed by atoms with E-state index in [1.165, 1.54) is 6.33 Å². The third-order valence-electron chi connectivity index (χ3n) is 2.41. The molecule has 0 saturated carbocycles. The van der Waals surface area contributed by atoms with Crippen LogP contribution in [0.2, 0.25) is 0 Å². The Bertz CT molecular complexity index is 438. The SMILES string of the molecule is [HH].[HH].c1ncc2[nH]c([C@@H]3CNCCO3)nc2n1. The quantitative estimate of drug-likeness (QED) is 0.715. The van der Waals surface area contributed by atoms with Gasteiger partial charge in [-0.1, -0.05) is 0 Å². The van der Waals surface area contributed by atoms with Crippen LogP contribution in [0.25, 0.3) is 11.2 Å². The van der Waals surface area contributed by atoms with E-state index in [1.54, 1.807) is 6.20 Å². The van der Waals surface area contributed by atoms with E-state index in [0.29, 0.717) is 12.3 Å². The van der Waals surface area contributed by atoms with E-state index >= 15 is 0 Å². The Morgan fingerprint density at radius 1 is 1.53 bits per heavy atom. The fourth-order valence-corrected chi connectivity index (χ4v) is 1.67. The number of imidazole rings is 1. The van der Waals surface area contributed by atoms with Gasteiger partial charge in [0.25, 0.3) is 0 Å². The smallest absolute Gasteiger partial charge is 0.180 e. The highest BCUT2D eigenvalue weighted by molar-refractivity contribution is 5.68. The zero-order valence-electron chi connectivity index (χ0n) is 8.10. The molecule has 2 aromatic rings. The molecule has 3 heterocycles. The molecule has 1 atom stereocenters. The summed E-state index contributed by atoms with van der Waals surface area (Å²) in [5.41, 5.74) is 1.54. The van der Waals surface area contributed by atoms with Gasteiger partial charge in [0.1, 0.15) is 23.8 Å². The van der Waals surface area contributed by atoms with Gasteiger partial charge in [-0.2, -0.15) is 0 Å². The molecule has 2 aromatic heterocycles. The molecule has 0 radical (unpaired) electrons. The van der Waals surface area contributed by atoms with Crippen LogP contribution in [0.15, 0.2) is 12.5 Å². The molecule has 1 aliphatic rings. The number of hydrogen-bond acceptors (Lipinski definition) is 5. The Morgan fingerprint density at radius 2 is 2.53 bits per heavy atom. The van der Waals surface area contributed by atoms with Gasteiger partial charge >= 0.3 is 0 Å². The van der Waals surface area contributed by atoms with Crippen molar-refractivity contribution in [3.05, 3.63) is 18.3 Å². The maximum atomic E-state index is 5.59. The summed E-state index contributed by atoms with van der Waals surface area (Å²) >= 11 is 0. The van der Waals surface area contributed by atoms with Crippen LogP contribution in [0.5, 0.6) is 0 Å². The van der Waals surface area contributed by atoms with Gasteiger partial charge in [-0.05, 0) is 0 Å². The van der Waals surface area contributed by atoms with E-state index in [0.717, 1.165) is 24.4 Å². The molecule has 0 unspecified atom stereocenters. The number of aromatic nitrogens is 4. The fraction of sp³-hybridized carbons (Fsp3) is 0.444. The summed E-state index contributed by atoms with van der Waals surface area (Å²) in [7, 11) is 0. The summed E-state index contributed by atoms with van der Waals surface area (Å²) < 4.78 is 5.59. The largest absolute Gasteiger partial charge is 0.368 e. The van der Waals surface area contributed by atoms with Crippen LogP contribution >= 0.6 is 0 Å². The third-order valence-corrected chi connectivity index (χ3v) is 2.41. The summed E-state index contributed by atoms with van der Waals surface area (Å²) in [6, 6.07) is 0. The second-order valence-electron chi connectivity index (χ2n) is 3.45. The highest BCUT2D eigenvalue weighted by atomic mass is 16.5. The number of morpholine rings is 1. The number of nitrogens with zero attached hydrogens (tertiary/aromatic N) is 3. The first-order chi connectivity index (χ1) is 7.43. The van der Waals surface area contributed by atoms with E-state index in [-0.39, 0.29) is 8.96 Å². The highest BCUT2D eigenvalue weighted by Gasteiger charge is 2.19. The molecule has 82 valence electrons. The molecule has 0 bridgehead atoms. The lowest BCUT2D eigenvalue weighted by molar-refractivity contribution is 0.0228. The number of rotatable bonds is 1. The third kappa shape index (κ3) is 1.57. The minimum atomic E-state index is -0.00653.